The minimum absolute atomic E-state index is 0.0500. The molecule has 0 unspecified atom stereocenters. The van der Waals surface area contributed by atoms with Crippen LogP contribution in [0.3, 0.4) is 0 Å². The van der Waals surface area contributed by atoms with Gasteiger partial charge in [0.2, 0.25) is 5.91 Å². The molecule has 0 saturated carbocycles. The number of para-hydroxylation sites is 1. The van der Waals surface area contributed by atoms with E-state index in [0.29, 0.717) is 13.0 Å². The van der Waals surface area contributed by atoms with Gasteiger partial charge in [0.05, 0.1) is 11.6 Å². The summed E-state index contributed by atoms with van der Waals surface area (Å²) in [6, 6.07) is 6.19. The standard InChI is InChI=1S/C15H18FNO2/c1-10(2)14(18)11-6-5-9-17(15(11)19)13-8-4-3-7-12(13)16/h3-4,7-8,10-11H,5-6,9H2,1-2H3/t11-/m0/s1. The number of hydrogen-bond donors (Lipinski definition) is 0. The molecule has 1 aliphatic rings. The van der Waals surface area contributed by atoms with E-state index in [9.17, 15) is 14.0 Å². The number of carbonyl (C=O) groups is 2. The lowest BCUT2D eigenvalue weighted by molar-refractivity contribution is -0.135. The summed E-state index contributed by atoms with van der Waals surface area (Å²) in [4.78, 5) is 25.8. The van der Waals surface area contributed by atoms with Crippen LogP contribution in [0.1, 0.15) is 26.7 Å². The van der Waals surface area contributed by atoms with Crippen molar-refractivity contribution in [3.05, 3.63) is 30.1 Å². The summed E-state index contributed by atoms with van der Waals surface area (Å²) in [7, 11) is 0. The van der Waals surface area contributed by atoms with E-state index in [1.54, 1.807) is 32.0 Å². The highest BCUT2D eigenvalue weighted by Crippen LogP contribution is 2.28. The normalized spacial score (nSPS) is 19.9. The number of rotatable bonds is 3. The van der Waals surface area contributed by atoms with Crippen molar-refractivity contribution in [2.24, 2.45) is 11.8 Å². The van der Waals surface area contributed by atoms with E-state index in [-0.39, 0.29) is 23.3 Å². The van der Waals surface area contributed by atoms with E-state index in [1.807, 2.05) is 0 Å². The van der Waals surface area contributed by atoms with Crippen LogP contribution < -0.4 is 4.90 Å². The van der Waals surface area contributed by atoms with E-state index < -0.39 is 11.7 Å². The predicted molar refractivity (Wildman–Crippen MR) is 71.3 cm³/mol. The zero-order valence-corrected chi connectivity index (χ0v) is 11.2. The second kappa shape index (κ2) is 5.51. The molecule has 3 nitrogen and oxygen atoms in total. The molecule has 1 aromatic carbocycles. The van der Waals surface area contributed by atoms with Crippen molar-refractivity contribution in [2.75, 3.05) is 11.4 Å². The van der Waals surface area contributed by atoms with Crippen molar-refractivity contribution in [3.8, 4) is 0 Å². The monoisotopic (exact) mass is 263 g/mol. The quantitative estimate of drug-likeness (QED) is 0.786. The summed E-state index contributed by atoms with van der Waals surface area (Å²) in [6.45, 7) is 4.05. The zero-order chi connectivity index (χ0) is 14.0. The van der Waals surface area contributed by atoms with Crippen molar-refractivity contribution >= 4 is 17.4 Å². The van der Waals surface area contributed by atoms with Crippen LogP contribution in [0.15, 0.2) is 24.3 Å². The number of carbonyl (C=O) groups excluding carboxylic acids is 2. The number of hydrogen-bond acceptors (Lipinski definition) is 2. The second-order valence-electron chi connectivity index (χ2n) is 5.19. The molecule has 102 valence electrons. The molecule has 1 amide bonds. The molecule has 0 bridgehead atoms. The zero-order valence-electron chi connectivity index (χ0n) is 11.2. The number of piperidine rings is 1. The van der Waals surface area contributed by atoms with Gasteiger partial charge in [0.1, 0.15) is 11.6 Å². The molecule has 1 fully saturated rings. The van der Waals surface area contributed by atoms with Gasteiger partial charge in [-0.3, -0.25) is 9.59 Å². The van der Waals surface area contributed by atoms with Gasteiger partial charge >= 0.3 is 0 Å². The van der Waals surface area contributed by atoms with Gasteiger partial charge in [-0.25, -0.2) is 4.39 Å². The lowest BCUT2D eigenvalue weighted by atomic mass is 9.87. The summed E-state index contributed by atoms with van der Waals surface area (Å²) in [6.07, 6.45) is 1.30. The van der Waals surface area contributed by atoms with Crippen LogP contribution >= 0.6 is 0 Å². The van der Waals surface area contributed by atoms with Gasteiger partial charge in [-0.15, -0.1) is 0 Å². The Morgan fingerprint density at radius 3 is 2.68 bits per heavy atom. The fourth-order valence-corrected chi connectivity index (χ4v) is 2.45. The molecule has 0 radical (unpaired) electrons. The Hall–Kier alpha value is -1.71. The molecular formula is C15H18FNO2. The van der Waals surface area contributed by atoms with Crippen molar-refractivity contribution in [1.82, 2.24) is 0 Å². The second-order valence-corrected chi connectivity index (χ2v) is 5.19. The number of ketones is 1. The fourth-order valence-electron chi connectivity index (χ4n) is 2.45. The van der Waals surface area contributed by atoms with Crippen molar-refractivity contribution in [2.45, 2.75) is 26.7 Å². The van der Waals surface area contributed by atoms with E-state index in [2.05, 4.69) is 0 Å². The first-order valence-corrected chi connectivity index (χ1v) is 6.62. The predicted octanol–water partition coefficient (Wildman–Crippen LogP) is 2.79. The largest absolute Gasteiger partial charge is 0.309 e. The van der Waals surface area contributed by atoms with Crippen LogP contribution in [0.5, 0.6) is 0 Å². The summed E-state index contributed by atoms with van der Waals surface area (Å²) < 4.78 is 13.8. The van der Waals surface area contributed by atoms with Gasteiger partial charge in [-0.2, -0.15) is 0 Å². The number of halogens is 1. The average Bonchev–Trinajstić information content (AvgIpc) is 2.39. The number of amides is 1. The summed E-state index contributed by atoms with van der Waals surface area (Å²) in [5.41, 5.74) is 0.272. The number of nitrogens with zero attached hydrogens (tertiary/aromatic N) is 1. The Bertz CT molecular complexity index is 499. The maximum atomic E-state index is 13.8. The first-order chi connectivity index (χ1) is 9.02. The molecule has 0 spiro atoms. The number of anilines is 1. The lowest BCUT2D eigenvalue weighted by Crippen LogP contribution is -2.45. The van der Waals surface area contributed by atoms with Crippen LogP contribution in [0.4, 0.5) is 10.1 Å². The maximum absolute atomic E-state index is 13.8. The molecule has 1 heterocycles. The van der Waals surface area contributed by atoms with Crippen LogP contribution in [0.2, 0.25) is 0 Å². The lowest BCUT2D eigenvalue weighted by Gasteiger charge is -2.32. The van der Waals surface area contributed by atoms with Gasteiger partial charge in [-0.05, 0) is 25.0 Å². The highest BCUT2D eigenvalue weighted by atomic mass is 19.1. The maximum Gasteiger partial charge on any atom is 0.237 e. The minimum atomic E-state index is -0.617. The third-order valence-electron chi connectivity index (χ3n) is 3.49. The number of Topliss-reactive ketones (excluding diaryl/α,β-unsaturated/α-hetero) is 1. The van der Waals surface area contributed by atoms with E-state index in [1.165, 1.54) is 11.0 Å². The summed E-state index contributed by atoms with van der Waals surface area (Å²) in [5, 5.41) is 0. The molecule has 19 heavy (non-hydrogen) atoms. The molecule has 1 saturated heterocycles. The molecule has 0 aliphatic carbocycles. The first kappa shape index (κ1) is 13.7. The van der Waals surface area contributed by atoms with E-state index >= 15 is 0 Å². The Kier molecular flexibility index (Phi) is 3.98. The molecular weight excluding hydrogens is 245 g/mol. The molecule has 2 rings (SSSR count). The highest BCUT2D eigenvalue weighted by molar-refractivity contribution is 6.09. The Balaban J connectivity index is 2.26. The van der Waals surface area contributed by atoms with E-state index in [4.69, 9.17) is 0 Å². The Morgan fingerprint density at radius 2 is 2.05 bits per heavy atom. The van der Waals surface area contributed by atoms with Gasteiger partial charge in [-0.1, -0.05) is 26.0 Å². The van der Waals surface area contributed by atoms with Crippen molar-refractivity contribution < 1.29 is 14.0 Å². The van der Waals surface area contributed by atoms with Gasteiger partial charge in [0, 0.05) is 12.5 Å². The molecule has 4 heteroatoms. The van der Waals surface area contributed by atoms with Crippen molar-refractivity contribution in [3.63, 3.8) is 0 Å². The van der Waals surface area contributed by atoms with E-state index in [0.717, 1.165) is 6.42 Å². The molecule has 1 atom stereocenters. The molecule has 1 aliphatic heterocycles. The third-order valence-corrected chi connectivity index (χ3v) is 3.49. The Labute approximate surface area is 112 Å². The van der Waals surface area contributed by atoms with Crippen LogP contribution in [-0.2, 0) is 9.59 Å². The Morgan fingerprint density at radius 1 is 1.37 bits per heavy atom. The van der Waals surface area contributed by atoms with Crippen molar-refractivity contribution in [1.29, 1.82) is 0 Å². The van der Waals surface area contributed by atoms with Crippen LogP contribution in [0.25, 0.3) is 0 Å². The third kappa shape index (κ3) is 2.67. The molecule has 1 aromatic rings. The van der Waals surface area contributed by atoms with Crippen LogP contribution in [0, 0.1) is 17.7 Å². The minimum Gasteiger partial charge on any atom is -0.309 e. The first-order valence-electron chi connectivity index (χ1n) is 6.62. The number of benzene rings is 1. The fraction of sp³-hybridized carbons (Fsp3) is 0.467. The average molecular weight is 263 g/mol. The van der Waals surface area contributed by atoms with Crippen LogP contribution in [-0.4, -0.2) is 18.2 Å². The topological polar surface area (TPSA) is 37.4 Å². The smallest absolute Gasteiger partial charge is 0.237 e. The summed E-state index contributed by atoms with van der Waals surface area (Å²) >= 11 is 0. The van der Waals surface area contributed by atoms with Gasteiger partial charge in [0.15, 0.2) is 0 Å². The summed E-state index contributed by atoms with van der Waals surface area (Å²) in [5.74, 6) is -1.53. The van der Waals surface area contributed by atoms with Gasteiger partial charge < -0.3 is 4.90 Å². The van der Waals surface area contributed by atoms with Gasteiger partial charge in [0.25, 0.3) is 0 Å². The SMILES string of the molecule is CC(C)C(=O)[C@@H]1CCCN(c2ccccc2F)C1=O. The highest BCUT2D eigenvalue weighted by Gasteiger charge is 2.36. The molecule has 0 aromatic heterocycles. The molecule has 0 N–H and O–H groups in total.